The second-order valence-electron chi connectivity index (χ2n) is 4.66. The van der Waals surface area contributed by atoms with Crippen LogP contribution in [0.1, 0.15) is 5.56 Å². The first kappa shape index (κ1) is 15.8. The Morgan fingerprint density at radius 1 is 1.55 bits per heavy atom. The molecule has 0 aromatic heterocycles. The van der Waals surface area contributed by atoms with Crippen LogP contribution in [0.15, 0.2) is 35.7 Å². The van der Waals surface area contributed by atoms with Crippen LogP contribution in [-0.4, -0.2) is 37.8 Å². The zero-order chi connectivity index (χ0) is 16.3. The summed E-state index contributed by atoms with van der Waals surface area (Å²) in [5.74, 6) is -0.149. The van der Waals surface area contributed by atoms with Crippen LogP contribution in [0.4, 0.5) is 10.5 Å². The number of primary amides is 1. The number of carbonyl (C=O) groups excluding carboxylic acids is 1. The predicted octanol–water partition coefficient (Wildman–Crippen LogP) is 0.434. The molecule has 0 atom stereocenters. The van der Waals surface area contributed by atoms with Gasteiger partial charge in [0.2, 0.25) is 5.96 Å². The minimum atomic E-state index is -3.83. The van der Waals surface area contributed by atoms with Crippen molar-refractivity contribution in [1.29, 1.82) is 5.41 Å². The van der Waals surface area contributed by atoms with Crippen molar-refractivity contribution in [2.75, 3.05) is 18.4 Å². The number of hydrogen-bond donors (Lipinski definition) is 4. The topological polar surface area (TPSA) is 128 Å². The van der Waals surface area contributed by atoms with Crippen molar-refractivity contribution < 1.29 is 13.2 Å². The number of allylic oxidation sites excluding steroid dienone is 1. The molecule has 2 amide bonds. The number of rotatable bonds is 5. The smallest absolute Gasteiger partial charge is 0.316 e. The Labute approximate surface area is 128 Å². The highest BCUT2D eigenvalue weighted by molar-refractivity contribution is 7.89. The number of guanidine groups is 1. The molecule has 0 radical (unpaired) electrons. The first-order valence-electron chi connectivity index (χ1n) is 6.51. The van der Waals surface area contributed by atoms with Gasteiger partial charge >= 0.3 is 6.03 Å². The number of carbonyl (C=O) groups is 1. The van der Waals surface area contributed by atoms with E-state index >= 15 is 0 Å². The fraction of sp³-hybridized carbons (Fsp3) is 0.231. The fourth-order valence-electron chi connectivity index (χ4n) is 2.20. The zero-order valence-corrected chi connectivity index (χ0v) is 12.6. The van der Waals surface area contributed by atoms with E-state index in [1.54, 1.807) is 6.08 Å². The predicted molar refractivity (Wildman–Crippen MR) is 83.2 cm³/mol. The molecule has 0 unspecified atom stereocenters. The van der Waals surface area contributed by atoms with Gasteiger partial charge in [0, 0.05) is 12.2 Å². The van der Waals surface area contributed by atoms with E-state index in [4.69, 9.17) is 11.1 Å². The standard InChI is InChI=1S/C13H17N5O3S/c1-2-3-9-8-10(17-13(15)19)4-5-11(9)22(20,21)18-7-6-16-12(18)14/h2,4-5,8H,1,3,6-7H2,(H2,14,16)(H3,15,17,19). The van der Waals surface area contributed by atoms with E-state index in [9.17, 15) is 13.2 Å². The maximum Gasteiger partial charge on any atom is 0.316 e. The van der Waals surface area contributed by atoms with Gasteiger partial charge in [0.25, 0.3) is 10.0 Å². The summed E-state index contributed by atoms with van der Waals surface area (Å²) in [6.07, 6.45) is 1.87. The number of nitrogens with one attached hydrogen (secondary N) is 3. The number of nitrogens with zero attached hydrogens (tertiary/aromatic N) is 1. The number of nitrogens with two attached hydrogens (primary N) is 1. The molecule has 1 aliphatic rings. The first-order valence-corrected chi connectivity index (χ1v) is 7.95. The van der Waals surface area contributed by atoms with Crippen molar-refractivity contribution in [3.63, 3.8) is 0 Å². The van der Waals surface area contributed by atoms with Gasteiger partial charge in [0.15, 0.2) is 0 Å². The second-order valence-corrected chi connectivity index (χ2v) is 6.49. The highest BCUT2D eigenvalue weighted by atomic mass is 32.2. The summed E-state index contributed by atoms with van der Waals surface area (Å²) in [5.41, 5.74) is 5.93. The van der Waals surface area contributed by atoms with Gasteiger partial charge in [-0.1, -0.05) is 6.08 Å². The molecule has 118 valence electrons. The summed E-state index contributed by atoms with van der Waals surface area (Å²) in [5, 5.41) is 12.7. The van der Waals surface area contributed by atoms with Gasteiger partial charge in [0.1, 0.15) is 0 Å². The van der Waals surface area contributed by atoms with Crippen molar-refractivity contribution >= 4 is 27.7 Å². The van der Waals surface area contributed by atoms with E-state index in [-0.39, 0.29) is 17.4 Å². The van der Waals surface area contributed by atoms with Crippen LogP contribution in [0.2, 0.25) is 0 Å². The maximum absolute atomic E-state index is 12.7. The third kappa shape index (κ3) is 3.03. The Hall–Kier alpha value is -2.55. The minimum absolute atomic E-state index is 0.0795. The highest BCUT2D eigenvalue weighted by Gasteiger charge is 2.32. The van der Waals surface area contributed by atoms with E-state index in [0.29, 0.717) is 24.2 Å². The lowest BCUT2D eigenvalue weighted by Crippen LogP contribution is -2.35. The highest BCUT2D eigenvalue weighted by Crippen LogP contribution is 2.25. The molecule has 0 saturated carbocycles. The summed E-state index contributed by atoms with van der Waals surface area (Å²) in [7, 11) is -3.83. The molecule has 1 heterocycles. The third-order valence-electron chi connectivity index (χ3n) is 3.12. The lowest BCUT2D eigenvalue weighted by Gasteiger charge is -2.19. The summed E-state index contributed by atoms with van der Waals surface area (Å²) >= 11 is 0. The normalized spacial score (nSPS) is 14.5. The van der Waals surface area contributed by atoms with Crippen LogP contribution in [-0.2, 0) is 16.4 Å². The lowest BCUT2D eigenvalue weighted by atomic mass is 10.1. The van der Waals surface area contributed by atoms with E-state index in [1.807, 2.05) is 0 Å². The van der Waals surface area contributed by atoms with Gasteiger partial charge in [-0.05, 0) is 30.2 Å². The monoisotopic (exact) mass is 323 g/mol. The molecule has 8 nitrogen and oxygen atoms in total. The number of anilines is 1. The van der Waals surface area contributed by atoms with Crippen molar-refractivity contribution in [1.82, 2.24) is 9.62 Å². The summed E-state index contributed by atoms with van der Waals surface area (Å²) in [4.78, 5) is 11.0. The van der Waals surface area contributed by atoms with Gasteiger partial charge in [-0.3, -0.25) is 5.41 Å². The molecule has 0 spiro atoms. The van der Waals surface area contributed by atoms with Crippen LogP contribution in [0, 0.1) is 5.41 Å². The Morgan fingerprint density at radius 3 is 2.82 bits per heavy atom. The lowest BCUT2D eigenvalue weighted by molar-refractivity contribution is 0.259. The molecule has 9 heteroatoms. The summed E-state index contributed by atoms with van der Waals surface area (Å²) in [6.45, 7) is 4.21. The van der Waals surface area contributed by atoms with Crippen LogP contribution in [0.25, 0.3) is 0 Å². The van der Waals surface area contributed by atoms with E-state index in [0.717, 1.165) is 4.31 Å². The maximum atomic E-state index is 12.7. The van der Waals surface area contributed by atoms with Crippen LogP contribution >= 0.6 is 0 Å². The van der Waals surface area contributed by atoms with Gasteiger partial charge in [-0.15, -0.1) is 6.58 Å². The summed E-state index contributed by atoms with van der Waals surface area (Å²) < 4.78 is 26.4. The van der Waals surface area contributed by atoms with E-state index < -0.39 is 16.1 Å². The Morgan fingerprint density at radius 2 is 2.27 bits per heavy atom. The van der Waals surface area contributed by atoms with Crippen LogP contribution in [0.3, 0.4) is 0 Å². The molecule has 22 heavy (non-hydrogen) atoms. The Bertz CT molecular complexity index is 729. The molecule has 2 rings (SSSR count). The number of sulfonamides is 1. The molecule has 0 bridgehead atoms. The second kappa shape index (κ2) is 6.06. The molecule has 0 aliphatic carbocycles. The average molecular weight is 323 g/mol. The minimum Gasteiger partial charge on any atom is -0.354 e. The van der Waals surface area contributed by atoms with E-state index in [1.165, 1.54) is 18.2 Å². The quantitative estimate of drug-likeness (QED) is 0.586. The summed E-state index contributed by atoms with van der Waals surface area (Å²) in [6, 6.07) is 3.65. The zero-order valence-electron chi connectivity index (χ0n) is 11.8. The van der Waals surface area contributed by atoms with Crippen molar-refractivity contribution in [2.24, 2.45) is 5.73 Å². The fourth-order valence-corrected chi connectivity index (χ4v) is 3.79. The molecular weight excluding hydrogens is 306 g/mol. The number of benzene rings is 1. The van der Waals surface area contributed by atoms with Crippen LogP contribution < -0.4 is 16.4 Å². The molecule has 1 aromatic carbocycles. The van der Waals surface area contributed by atoms with Gasteiger partial charge in [0.05, 0.1) is 11.4 Å². The third-order valence-corrected chi connectivity index (χ3v) is 5.02. The molecule has 1 fully saturated rings. The van der Waals surface area contributed by atoms with Crippen molar-refractivity contribution in [3.05, 3.63) is 36.4 Å². The SMILES string of the molecule is C=CCc1cc(NC(N)=O)ccc1S(=O)(=O)N1CCNC1=N. The van der Waals surface area contributed by atoms with Gasteiger partial charge in [-0.2, -0.15) is 0 Å². The molecule has 1 aromatic rings. The molecule has 1 saturated heterocycles. The van der Waals surface area contributed by atoms with Crippen LogP contribution in [0.5, 0.6) is 0 Å². The Balaban J connectivity index is 2.47. The number of urea groups is 1. The first-order chi connectivity index (χ1) is 10.4. The van der Waals surface area contributed by atoms with Crippen molar-refractivity contribution in [3.8, 4) is 0 Å². The number of amides is 2. The largest absolute Gasteiger partial charge is 0.354 e. The van der Waals surface area contributed by atoms with Gasteiger partial charge in [-0.25, -0.2) is 17.5 Å². The average Bonchev–Trinajstić information content (AvgIpc) is 2.85. The molecule has 5 N–H and O–H groups in total. The van der Waals surface area contributed by atoms with E-state index in [2.05, 4.69) is 17.2 Å². The molecular formula is C13H17N5O3S. The van der Waals surface area contributed by atoms with Gasteiger partial charge < -0.3 is 16.4 Å². The van der Waals surface area contributed by atoms with Crippen molar-refractivity contribution in [2.45, 2.75) is 11.3 Å². The number of hydrogen-bond acceptors (Lipinski definition) is 4. The molecule has 1 aliphatic heterocycles. The Kier molecular flexibility index (Phi) is 4.36.